The minimum atomic E-state index is -3.37. The zero-order valence-electron chi connectivity index (χ0n) is 16.1. The molecule has 0 atom stereocenters. The maximum Gasteiger partial charge on any atom is 0.264 e. The zero-order valence-corrected chi connectivity index (χ0v) is 16.9. The fourth-order valence-electron chi connectivity index (χ4n) is 2.33. The van der Waals surface area contributed by atoms with Gasteiger partial charge in [0.05, 0.1) is 30.9 Å². The van der Waals surface area contributed by atoms with Crippen LogP contribution in [0.2, 0.25) is 0 Å². The highest BCUT2D eigenvalue weighted by Gasteiger charge is 2.10. The minimum Gasteiger partial charge on any atom is -0.379 e. The second-order valence-corrected chi connectivity index (χ2v) is 8.15. The number of hydrogen-bond donors (Lipinski definition) is 0. The molecule has 0 amide bonds. The van der Waals surface area contributed by atoms with Crippen molar-refractivity contribution in [3.8, 4) is 0 Å². The monoisotopic (exact) mass is 393 g/mol. The van der Waals surface area contributed by atoms with Gasteiger partial charge in [0, 0.05) is 32.0 Å². The van der Waals surface area contributed by atoms with E-state index < -0.39 is 10.1 Å². The number of hydrogen-bond acceptors (Lipinski definition) is 7. The molecule has 27 heavy (non-hydrogen) atoms. The lowest BCUT2D eigenvalue weighted by atomic mass is 10.2. The zero-order chi connectivity index (χ0) is 19.7. The van der Waals surface area contributed by atoms with E-state index in [1.54, 1.807) is 12.3 Å². The second-order valence-electron chi connectivity index (χ2n) is 6.51. The maximum atomic E-state index is 10.6. The van der Waals surface area contributed by atoms with E-state index in [0.29, 0.717) is 5.69 Å². The molecule has 1 aliphatic heterocycles. The van der Waals surface area contributed by atoms with Gasteiger partial charge in [0.1, 0.15) is 6.61 Å². The van der Waals surface area contributed by atoms with Crippen LogP contribution in [-0.4, -0.2) is 55.8 Å². The Hall–Kier alpha value is -1.87. The molecule has 8 heteroatoms. The molecule has 1 aliphatic rings. The Kier molecular flexibility index (Phi) is 8.30. The molecule has 0 radical (unpaired) electrons. The van der Waals surface area contributed by atoms with E-state index in [0.717, 1.165) is 50.4 Å². The van der Waals surface area contributed by atoms with Crippen molar-refractivity contribution >= 4 is 10.1 Å². The smallest absolute Gasteiger partial charge is 0.264 e. The first kappa shape index (κ1) is 21.4. The summed E-state index contributed by atoms with van der Waals surface area (Å²) in [5, 5.41) is 0. The average Bonchev–Trinajstić information content (AvgIpc) is 2.64. The molecule has 3 rings (SSSR count). The van der Waals surface area contributed by atoms with Crippen molar-refractivity contribution in [3.05, 3.63) is 59.2 Å². The molecule has 148 valence electrons. The number of morpholine rings is 1. The predicted molar refractivity (Wildman–Crippen MR) is 104 cm³/mol. The summed E-state index contributed by atoms with van der Waals surface area (Å²) in [4.78, 5) is 10.8. The average molecular weight is 394 g/mol. The molecule has 2 aromatic rings. The van der Waals surface area contributed by atoms with Gasteiger partial charge in [0.2, 0.25) is 0 Å². The predicted octanol–water partition coefficient (Wildman–Crippen LogP) is 2.09. The molecule has 0 saturated carbocycles. The third kappa shape index (κ3) is 9.05. The van der Waals surface area contributed by atoms with Gasteiger partial charge in [-0.3, -0.25) is 19.1 Å². The molecule has 0 aliphatic carbocycles. The van der Waals surface area contributed by atoms with Gasteiger partial charge in [-0.15, -0.1) is 0 Å². The van der Waals surface area contributed by atoms with Crippen LogP contribution in [0.5, 0.6) is 0 Å². The third-order valence-electron chi connectivity index (χ3n) is 3.86. The fraction of sp³-hybridized carbons (Fsp3) is 0.474. The molecular formula is C19H27N3O4S. The Balaban J connectivity index is 0.000000194. The van der Waals surface area contributed by atoms with Crippen LogP contribution >= 0.6 is 0 Å². The molecule has 0 unspecified atom stereocenters. The van der Waals surface area contributed by atoms with Crippen molar-refractivity contribution in [2.45, 2.75) is 27.0 Å². The first-order chi connectivity index (χ1) is 12.8. The van der Waals surface area contributed by atoms with Gasteiger partial charge in [-0.25, -0.2) is 0 Å². The third-order valence-corrected chi connectivity index (χ3v) is 4.40. The number of rotatable bonds is 5. The largest absolute Gasteiger partial charge is 0.379 e. The van der Waals surface area contributed by atoms with Crippen molar-refractivity contribution in [2.24, 2.45) is 0 Å². The fourth-order valence-corrected chi connectivity index (χ4v) is 2.67. The molecule has 0 aromatic carbocycles. The van der Waals surface area contributed by atoms with Crippen LogP contribution < -0.4 is 0 Å². The van der Waals surface area contributed by atoms with Crippen molar-refractivity contribution in [2.75, 3.05) is 32.6 Å². The van der Waals surface area contributed by atoms with Gasteiger partial charge in [-0.05, 0) is 37.1 Å². The summed E-state index contributed by atoms with van der Waals surface area (Å²) in [7, 11) is -3.37. The Morgan fingerprint density at radius 2 is 1.56 bits per heavy atom. The lowest BCUT2D eigenvalue weighted by Crippen LogP contribution is -2.35. The SMILES string of the molecule is Cc1ccc(CN2CCOCC2)nc1.Cc1ccc(COS(C)(=O)=O)nc1. The van der Waals surface area contributed by atoms with Gasteiger partial charge in [-0.2, -0.15) is 8.42 Å². The Morgan fingerprint density at radius 1 is 1.00 bits per heavy atom. The van der Waals surface area contributed by atoms with Gasteiger partial charge in [-0.1, -0.05) is 12.1 Å². The van der Waals surface area contributed by atoms with Crippen LogP contribution in [0.15, 0.2) is 36.7 Å². The molecular weight excluding hydrogens is 366 g/mol. The highest BCUT2D eigenvalue weighted by atomic mass is 32.2. The standard InChI is InChI=1S/C11H16N2O.C8H11NO3S/c1-10-2-3-11(12-8-10)9-13-4-6-14-7-5-13;1-7-3-4-8(9-5-7)6-12-13(2,10)11/h2-3,8H,4-7,9H2,1H3;3-5H,6H2,1-2H3. The van der Waals surface area contributed by atoms with Crippen LogP contribution in [0.3, 0.4) is 0 Å². The number of aryl methyl sites for hydroxylation is 2. The van der Waals surface area contributed by atoms with Crippen LogP contribution in [0, 0.1) is 13.8 Å². The molecule has 7 nitrogen and oxygen atoms in total. The van der Waals surface area contributed by atoms with E-state index in [1.807, 2.05) is 19.2 Å². The van der Waals surface area contributed by atoms with Gasteiger partial charge >= 0.3 is 0 Å². The summed E-state index contributed by atoms with van der Waals surface area (Å²) in [6.45, 7) is 8.67. The van der Waals surface area contributed by atoms with E-state index in [2.05, 4.69) is 38.1 Å². The number of ether oxygens (including phenoxy) is 1. The summed E-state index contributed by atoms with van der Waals surface area (Å²) in [6.07, 6.45) is 4.61. The highest BCUT2D eigenvalue weighted by molar-refractivity contribution is 7.85. The van der Waals surface area contributed by atoms with E-state index in [-0.39, 0.29) is 6.61 Å². The van der Waals surface area contributed by atoms with Crippen LogP contribution in [0.1, 0.15) is 22.5 Å². The highest BCUT2D eigenvalue weighted by Crippen LogP contribution is 2.05. The number of pyridine rings is 2. The van der Waals surface area contributed by atoms with Crippen molar-refractivity contribution in [1.29, 1.82) is 0 Å². The van der Waals surface area contributed by atoms with E-state index in [1.165, 1.54) is 5.56 Å². The first-order valence-corrected chi connectivity index (χ1v) is 10.6. The topological polar surface area (TPSA) is 81.6 Å². The molecule has 0 spiro atoms. The summed E-state index contributed by atoms with van der Waals surface area (Å²) >= 11 is 0. The Bertz CT molecular complexity index is 787. The molecule has 3 heterocycles. The number of aromatic nitrogens is 2. The summed E-state index contributed by atoms with van der Waals surface area (Å²) in [5.41, 5.74) is 4.01. The summed E-state index contributed by atoms with van der Waals surface area (Å²) in [6, 6.07) is 7.81. The van der Waals surface area contributed by atoms with Gasteiger partial charge in [0.15, 0.2) is 0 Å². The van der Waals surface area contributed by atoms with Crippen LogP contribution in [0.4, 0.5) is 0 Å². The van der Waals surface area contributed by atoms with Gasteiger partial charge in [0.25, 0.3) is 10.1 Å². The Morgan fingerprint density at radius 3 is 2.04 bits per heavy atom. The van der Waals surface area contributed by atoms with Crippen molar-refractivity contribution in [3.63, 3.8) is 0 Å². The molecule has 2 aromatic heterocycles. The van der Waals surface area contributed by atoms with Crippen molar-refractivity contribution < 1.29 is 17.3 Å². The molecule has 1 saturated heterocycles. The Labute approximate surface area is 161 Å². The lowest BCUT2D eigenvalue weighted by Gasteiger charge is -2.26. The molecule has 1 fully saturated rings. The van der Waals surface area contributed by atoms with E-state index in [4.69, 9.17) is 4.74 Å². The normalized spacial score (nSPS) is 15.1. The van der Waals surface area contributed by atoms with Crippen LogP contribution in [0.25, 0.3) is 0 Å². The van der Waals surface area contributed by atoms with Gasteiger partial charge < -0.3 is 4.74 Å². The van der Waals surface area contributed by atoms with Crippen molar-refractivity contribution in [1.82, 2.24) is 14.9 Å². The quantitative estimate of drug-likeness (QED) is 0.720. The summed E-state index contributed by atoms with van der Waals surface area (Å²) in [5.74, 6) is 0. The first-order valence-electron chi connectivity index (χ1n) is 8.79. The molecule has 0 bridgehead atoms. The second kappa shape index (κ2) is 10.5. The number of nitrogens with zero attached hydrogens (tertiary/aromatic N) is 3. The van der Waals surface area contributed by atoms with Crippen LogP contribution in [-0.2, 0) is 32.2 Å². The molecule has 0 N–H and O–H groups in total. The van der Waals surface area contributed by atoms with E-state index >= 15 is 0 Å². The minimum absolute atomic E-state index is 0.000880. The van der Waals surface area contributed by atoms with E-state index in [9.17, 15) is 8.42 Å². The summed E-state index contributed by atoms with van der Waals surface area (Å²) < 4.78 is 31.1. The lowest BCUT2D eigenvalue weighted by molar-refractivity contribution is 0.0336. The maximum absolute atomic E-state index is 10.6.